The summed E-state index contributed by atoms with van der Waals surface area (Å²) < 4.78 is 0. The van der Waals surface area contributed by atoms with Crippen molar-refractivity contribution in [2.75, 3.05) is 20.1 Å². The Morgan fingerprint density at radius 1 is 1.40 bits per heavy atom. The van der Waals surface area contributed by atoms with Crippen LogP contribution in [-0.2, 0) is 4.79 Å². The zero-order valence-corrected chi connectivity index (χ0v) is 13.7. The maximum atomic E-state index is 12.8. The van der Waals surface area contributed by atoms with Crippen molar-refractivity contribution in [3.8, 4) is 0 Å². The molecule has 1 N–H and O–H groups in total. The number of amides is 1. The zero-order chi connectivity index (χ0) is 14.9. The van der Waals surface area contributed by atoms with Crippen molar-refractivity contribution >= 4 is 5.91 Å². The lowest BCUT2D eigenvalue weighted by atomic mass is 9.91. The molecule has 4 unspecified atom stereocenters. The SMILES string of the molecule is CCCC1NC(C(C)C)N(C2CCN(C)CC2C)C1=O. The summed E-state index contributed by atoms with van der Waals surface area (Å²) in [6, 6.07) is 0.444. The number of likely N-dealkylation sites (tertiary alicyclic amines) is 1. The van der Waals surface area contributed by atoms with Crippen LogP contribution in [0.25, 0.3) is 0 Å². The molecule has 0 aromatic rings. The van der Waals surface area contributed by atoms with Gasteiger partial charge in [-0.05, 0) is 38.3 Å². The van der Waals surface area contributed by atoms with Gasteiger partial charge in [-0.15, -0.1) is 0 Å². The van der Waals surface area contributed by atoms with Crippen LogP contribution in [0.2, 0.25) is 0 Å². The normalized spacial score (nSPS) is 36.1. The zero-order valence-electron chi connectivity index (χ0n) is 13.7. The largest absolute Gasteiger partial charge is 0.322 e. The van der Waals surface area contributed by atoms with E-state index in [1.54, 1.807) is 0 Å². The maximum Gasteiger partial charge on any atom is 0.241 e. The Bertz CT molecular complexity index is 345. The third-order valence-corrected chi connectivity index (χ3v) is 4.85. The number of piperidine rings is 1. The number of hydrogen-bond acceptors (Lipinski definition) is 3. The molecule has 0 spiro atoms. The average Bonchev–Trinajstić information content (AvgIpc) is 2.68. The molecule has 0 saturated carbocycles. The van der Waals surface area contributed by atoms with E-state index >= 15 is 0 Å². The highest BCUT2D eigenvalue weighted by Crippen LogP contribution is 2.29. The predicted octanol–water partition coefficient (Wildman–Crippen LogP) is 1.91. The molecular weight excluding hydrogens is 250 g/mol. The third-order valence-electron chi connectivity index (χ3n) is 4.85. The van der Waals surface area contributed by atoms with E-state index < -0.39 is 0 Å². The minimum atomic E-state index is 0.0410. The average molecular weight is 281 g/mol. The van der Waals surface area contributed by atoms with E-state index in [0.29, 0.717) is 23.8 Å². The summed E-state index contributed by atoms with van der Waals surface area (Å²) in [5, 5.41) is 3.58. The molecule has 0 aliphatic carbocycles. The second kappa shape index (κ2) is 6.44. The van der Waals surface area contributed by atoms with Crippen LogP contribution in [0, 0.1) is 11.8 Å². The highest BCUT2D eigenvalue weighted by atomic mass is 16.2. The van der Waals surface area contributed by atoms with Gasteiger partial charge in [0.05, 0.1) is 12.2 Å². The molecular formula is C16H31N3O. The highest BCUT2D eigenvalue weighted by Gasteiger charge is 2.45. The fourth-order valence-corrected chi connectivity index (χ4v) is 3.81. The Kier molecular flexibility index (Phi) is 5.08. The van der Waals surface area contributed by atoms with Crippen molar-refractivity contribution in [2.45, 2.75) is 65.2 Å². The molecule has 2 rings (SSSR count). The number of rotatable bonds is 4. The molecule has 20 heavy (non-hydrogen) atoms. The Labute approximate surface area is 123 Å². The van der Waals surface area contributed by atoms with Crippen LogP contribution in [0.1, 0.15) is 47.0 Å². The minimum Gasteiger partial charge on any atom is -0.322 e. The Morgan fingerprint density at radius 2 is 2.10 bits per heavy atom. The number of hydrogen-bond donors (Lipinski definition) is 1. The topological polar surface area (TPSA) is 35.6 Å². The van der Waals surface area contributed by atoms with E-state index in [2.05, 4.69) is 49.9 Å². The second-order valence-electron chi connectivity index (χ2n) is 7.04. The first-order valence-corrected chi connectivity index (χ1v) is 8.22. The van der Waals surface area contributed by atoms with Crippen LogP contribution < -0.4 is 5.32 Å². The molecule has 0 bridgehead atoms. The molecule has 2 heterocycles. The summed E-state index contributed by atoms with van der Waals surface area (Å²) in [6.45, 7) is 11.1. The van der Waals surface area contributed by atoms with Crippen LogP contribution in [0.15, 0.2) is 0 Å². The fourth-order valence-electron chi connectivity index (χ4n) is 3.81. The minimum absolute atomic E-state index is 0.0410. The van der Waals surface area contributed by atoms with Gasteiger partial charge < -0.3 is 9.80 Å². The van der Waals surface area contributed by atoms with Gasteiger partial charge in [0.25, 0.3) is 0 Å². The quantitative estimate of drug-likeness (QED) is 0.855. The van der Waals surface area contributed by atoms with Crippen molar-refractivity contribution in [1.29, 1.82) is 0 Å². The highest BCUT2D eigenvalue weighted by molar-refractivity contribution is 5.84. The summed E-state index contributed by atoms with van der Waals surface area (Å²) in [4.78, 5) is 17.4. The van der Waals surface area contributed by atoms with E-state index in [-0.39, 0.29) is 12.2 Å². The van der Waals surface area contributed by atoms with Gasteiger partial charge in [-0.1, -0.05) is 34.1 Å². The smallest absolute Gasteiger partial charge is 0.241 e. The van der Waals surface area contributed by atoms with E-state index in [4.69, 9.17) is 0 Å². The molecule has 0 radical (unpaired) electrons. The molecule has 116 valence electrons. The van der Waals surface area contributed by atoms with Crippen LogP contribution in [-0.4, -0.2) is 54.1 Å². The standard InChI is InChI=1S/C16H31N3O/c1-6-7-13-16(20)19(15(17-13)11(2)3)14-8-9-18(5)10-12(14)4/h11-15,17H,6-10H2,1-5H3. The Balaban J connectivity index is 2.16. The van der Waals surface area contributed by atoms with Crippen LogP contribution >= 0.6 is 0 Å². The van der Waals surface area contributed by atoms with Crippen molar-refractivity contribution < 1.29 is 4.79 Å². The van der Waals surface area contributed by atoms with Gasteiger partial charge in [0.15, 0.2) is 0 Å². The summed E-state index contributed by atoms with van der Waals surface area (Å²) >= 11 is 0. The van der Waals surface area contributed by atoms with E-state index in [1.807, 2.05) is 0 Å². The van der Waals surface area contributed by atoms with Gasteiger partial charge in [-0.2, -0.15) is 0 Å². The van der Waals surface area contributed by atoms with E-state index in [1.165, 1.54) is 0 Å². The van der Waals surface area contributed by atoms with Crippen molar-refractivity contribution in [3.63, 3.8) is 0 Å². The molecule has 4 heteroatoms. The molecule has 2 aliphatic rings. The lowest BCUT2D eigenvalue weighted by Gasteiger charge is -2.43. The number of nitrogens with one attached hydrogen (secondary N) is 1. The predicted molar refractivity (Wildman–Crippen MR) is 82.4 cm³/mol. The fraction of sp³-hybridized carbons (Fsp3) is 0.938. The monoisotopic (exact) mass is 281 g/mol. The van der Waals surface area contributed by atoms with E-state index in [0.717, 1.165) is 32.4 Å². The molecule has 4 atom stereocenters. The molecule has 0 aromatic carbocycles. The molecule has 4 nitrogen and oxygen atoms in total. The number of nitrogens with zero attached hydrogens (tertiary/aromatic N) is 2. The van der Waals surface area contributed by atoms with Gasteiger partial charge in [0.2, 0.25) is 5.91 Å². The summed E-state index contributed by atoms with van der Waals surface area (Å²) in [7, 11) is 2.18. The second-order valence-corrected chi connectivity index (χ2v) is 7.04. The van der Waals surface area contributed by atoms with Crippen LogP contribution in [0.5, 0.6) is 0 Å². The Hall–Kier alpha value is -0.610. The molecule has 2 saturated heterocycles. The van der Waals surface area contributed by atoms with Gasteiger partial charge in [-0.3, -0.25) is 10.1 Å². The molecule has 1 amide bonds. The number of carbonyl (C=O) groups excluding carboxylic acids is 1. The van der Waals surface area contributed by atoms with Crippen molar-refractivity contribution in [2.24, 2.45) is 11.8 Å². The first-order valence-electron chi connectivity index (χ1n) is 8.22. The van der Waals surface area contributed by atoms with Crippen molar-refractivity contribution in [1.82, 2.24) is 15.1 Å². The van der Waals surface area contributed by atoms with Crippen molar-refractivity contribution in [3.05, 3.63) is 0 Å². The van der Waals surface area contributed by atoms with E-state index in [9.17, 15) is 4.79 Å². The Morgan fingerprint density at radius 3 is 2.65 bits per heavy atom. The maximum absolute atomic E-state index is 12.8. The van der Waals surface area contributed by atoms with Gasteiger partial charge in [0, 0.05) is 12.6 Å². The first kappa shape index (κ1) is 15.8. The number of carbonyl (C=O) groups is 1. The molecule has 0 aromatic heterocycles. The lowest BCUT2D eigenvalue weighted by molar-refractivity contribution is -0.135. The summed E-state index contributed by atoms with van der Waals surface area (Å²) in [6.07, 6.45) is 3.34. The summed E-state index contributed by atoms with van der Waals surface area (Å²) in [5.41, 5.74) is 0. The first-order chi connectivity index (χ1) is 9.45. The summed E-state index contributed by atoms with van der Waals surface area (Å²) in [5.74, 6) is 1.36. The molecule has 2 fully saturated rings. The van der Waals surface area contributed by atoms with Crippen LogP contribution in [0.4, 0.5) is 0 Å². The third kappa shape index (κ3) is 3.01. The lowest BCUT2D eigenvalue weighted by Crippen LogP contribution is -2.54. The van der Waals surface area contributed by atoms with Gasteiger partial charge in [0.1, 0.15) is 0 Å². The molecule has 2 aliphatic heterocycles. The van der Waals surface area contributed by atoms with Gasteiger partial charge in [-0.25, -0.2) is 0 Å². The van der Waals surface area contributed by atoms with Crippen LogP contribution in [0.3, 0.4) is 0 Å². The van der Waals surface area contributed by atoms with Gasteiger partial charge >= 0.3 is 0 Å².